The molecule has 3 aliphatic carbocycles. The lowest BCUT2D eigenvalue weighted by molar-refractivity contribution is -0.119. The highest BCUT2D eigenvalue weighted by atomic mass is 16.3. The molecule has 3 aliphatic rings. The summed E-state index contributed by atoms with van der Waals surface area (Å²) in [5, 5.41) is 12.5. The minimum absolute atomic E-state index is 0.0196. The summed E-state index contributed by atoms with van der Waals surface area (Å²) >= 11 is 0. The maximum atomic E-state index is 10.7. The molecule has 1 unspecified atom stereocenters. The molecule has 0 aromatic heterocycles. The zero-order valence-electron chi connectivity index (χ0n) is 6.63. The molecule has 0 aromatic carbocycles. The highest BCUT2D eigenvalue weighted by Gasteiger charge is 2.55. The molecule has 3 rings (SSSR count). The van der Waals surface area contributed by atoms with E-state index in [1.54, 1.807) is 0 Å². The quantitative estimate of drug-likeness (QED) is 0.561. The zero-order chi connectivity index (χ0) is 8.06. The van der Waals surface area contributed by atoms with Crippen molar-refractivity contribution in [1.82, 2.24) is 5.32 Å². The van der Waals surface area contributed by atoms with Crippen molar-refractivity contribution in [3.63, 3.8) is 0 Å². The smallest absolute Gasteiger partial charge is 0.217 e. The highest BCUT2D eigenvalue weighted by Crippen LogP contribution is 2.51. The van der Waals surface area contributed by atoms with Gasteiger partial charge in [0.1, 0.15) is 0 Å². The number of hydrogen-bond acceptors (Lipinski definition) is 2. The highest BCUT2D eigenvalue weighted by molar-refractivity contribution is 5.73. The second-order valence-electron chi connectivity index (χ2n) is 3.90. The molecule has 3 nitrogen and oxygen atoms in total. The molecule has 0 spiro atoms. The summed E-state index contributed by atoms with van der Waals surface area (Å²) in [6.45, 7) is 1.53. The Morgan fingerprint density at radius 3 is 2.55 bits per heavy atom. The van der Waals surface area contributed by atoms with Crippen LogP contribution in [0.1, 0.15) is 26.2 Å². The van der Waals surface area contributed by atoms with Gasteiger partial charge in [-0.25, -0.2) is 0 Å². The van der Waals surface area contributed by atoms with E-state index in [9.17, 15) is 9.90 Å². The third-order valence-electron chi connectivity index (χ3n) is 2.84. The predicted octanol–water partition coefficient (Wildman–Crippen LogP) is 0.0359. The van der Waals surface area contributed by atoms with E-state index in [-0.39, 0.29) is 11.9 Å². The van der Waals surface area contributed by atoms with Gasteiger partial charge in [0.05, 0.1) is 5.60 Å². The molecule has 1 amide bonds. The topological polar surface area (TPSA) is 49.3 Å². The van der Waals surface area contributed by atoms with E-state index in [1.807, 2.05) is 0 Å². The molecule has 62 valence electrons. The Morgan fingerprint density at radius 2 is 2.18 bits per heavy atom. The molecule has 3 saturated carbocycles. The Morgan fingerprint density at radius 1 is 1.55 bits per heavy atom. The Balaban J connectivity index is 1.95. The first kappa shape index (κ1) is 7.10. The van der Waals surface area contributed by atoms with Crippen molar-refractivity contribution >= 4 is 5.91 Å². The van der Waals surface area contributed by atoms with Crippen LogP contribution in [0.2, 0.25) is 0 Å². The van der Waals surface area contributed by atoms with Gasteiger partial charge in [0.25, 0.3) is 0 Å². The molecule has 1 atom stereocenters. The number of nitrogens with one attached hydrogen (secondary N) is 1. The van der Waals surface area contributed by atoms with Crippen molar-refractivity contribution in [3.8, 4) is 0 Å². The van der Waals surface area contributed by atoms with E-state index in [4.69, 9.17) is 0 Å². The van der Waals surface area contributed by atoms with Crippen LogP contribution in [0.25, 0.3) is 0 Å². The zero-order valence-corrected chi connectivity index (χ0v) is 6.63. The third-order valence-corrected chi connectivity index (χ3v) is 2.84. The summed E-state index contributed by atoms with van der Waals surface area (Å²) in [7, 11) is 0. The first-order valence-corrected chi connectivity index (χ1v) is 4.09. The molecule has 3 heteroatoms. The summed E-state index contributed by atoms with van der Waals surface area (Å²) < 4.78 is 0. The van der Waals surface area contributed by atoms with Gasteiger partial charge in [-0.3, -0.25) is 4.79 Å². The molecular formula is C8H13NO2. The van der Waals surface area contributed by atoms with Crippen LogP contribution in [0.4, 0.5) is 0 Å². The second kappa shape index (κ2) is 1.97. The molecule has 3 fully saturated rings. The van der Waals surface area contributed by atoms with Gasteiger partial charge in [0, 0.05) is 13.0 Å². The van der Waals surface area contributed by atoms with Crippen LogP contribution in [0.15, 0.2) is 0 Å². The normalized spacial score (nSPS) is 46.7. The van der Waals surface area contributed by atoms with Gasteiger partial charge in [-0.2, -0.15) is 0 Å². The molecule has 0 saturated heterocycles. The molecule has 0 heterocycles. The SMILES string of the molecule is CC(=O)NC1CC2(O)CC1C2. The van der Waals surface area contributed by atoms with Gasteiger partial charge >= 0.3 is 0 Å². The van der Waals surface area contributed by atoms with Gasteiger partial charge < -0.3 is 10.4 Å². The van der Waals surface area contributed by atoms with Gasteiger partial charge in [-0.15, -0.1) is 0 Å². The lowest BCUT2D eigenvalue weighted by Crippen LogP contribution is -2.37. The van der Waals surface area contributed by atoms with Crippen LogP contribution in [0.3, 0.4) is 0 Å². The molecule has 0 radical (unpaired) electrons. The standard InChI is InChI=1S/C8H13NO2/c1-5(10)9-7-4-8(11)2-6(7)3-8/h6-7,11H,2-4H2,1H3,(H,9,10). The van der Waals surface area contributed by atoms with Crippen LogP contribution in [-0.4, -0.2) is 22.7 Å². The van der Waals surface area contributed by atoms with Gasteiger partial charge in [0.2, 0.25) is 5.91 Å². The summed E-state index contributed by atoms with van der Waals surface area (Å²) in [5.41, 5.74) is -0.419. The number of rotatable bonds is 1. The van der Waals surface area contributed by atoms with E-state index in [0.717, 1.165) is 19.3 Å². The van der Waals surface area contributed by atoms with E-state index < -0.39 is 5.60 Å². The fraction of sp³-hybridized carbons (Fsp3) is 0.875. The maximum absolute atomic E-state index is 10.7. The molecule has 0 aliphatic heterocycles. The van der Waals surface area contributed by atoms with Crippen molar-refractivity contribution in [2.75, 3.05) is 0 Å². The Bertz CT molecular complexity index is 196. The molecular weight excluding hydrogens is 142 g/mol. The fourth-order valence-corrected chi connectivity index (χ4v) is 2.37. The Kier molecular flexibility index (Phi) is 1.27. The number of carbonyl (C=O) groups is 1. The average Bonchev–Trinajstić information content (AvgIpc) is 2.17. The van der Waals surface area contributed by atoms with E-state index in [1.165, 1.54) is 6.92 Å². The van der Waals surface area contributed by atoms with Crippen molar-refractivity contribution < 1.29 is 9.90 Å². The van der Waals surface area contributed by atoms with Gasteiger partial charge in [-0.1, -0.05) is 0 Å². The summed E-state index contributed by atoms with van der Waals surface area (Å²) in [5.74, 6) is 0.565. The first-order valence-electron chi connectivity index (χ1n) is 4.09. The lowest BCUT2D eigenvalue weighted by atomic mass is 9.80. The largest absolute Gasteiger partial charge is 0.390 e. The maximum Gasteiger partial charge on any atom is 0.217 e. The molecule has 2 bridgehead atoms. The number of hydrogen-bond donors (Lipinski definition) is 2. The van der Waals surface area contributed by atoms with Crippen molar-refractivity contribution in [3.05, 3.63) is 0 Å². The van der Waals surface area contributed by atoms with Gasteiger partial charge in [-0.05, 0) is 25.2 Å². The minimum atomic E-state index is -0.419. The number of fused-ring (bicyclic) bond motifs is 1. The average molecular weight is 155 g/mol. The Labute approximate surface area is 65.8 Å². The van der Waals surface area contributed by atoms with E-state index >= 15 is 0 Å². The number of amides is 1. The van der Waals surface area contributed by atoms with Crippen molar-refractivity contribution in [1.29, 1.82) is 0 Å². The Hall–Kier alpha value is -0.570. The van der Waals surface area contributed by atoms with Crippen LogP contribution in [0, 0.1) is 5.92 Å². The third kappa shape index (κ3) is 1.03. The van der Waals surface area contributed by atoms with E-state index in [2.05, 4.69) is 5.32 Å². The molecule has 2 N–H and O–H groups in total. The molecule has 11 heavy (non-hydrogen) atoms. The fourth-order valence-electron chi connectivity index (χ4n) is 2.37. The van der Waals surface area contributed by atoms with Crippen LogP contribution < -0.4 is 5.32 Å². The van der Waals surface area contributed by atoms with Crippen LogP contribution >= 0.6 is 0 Å². The van der Waals surface area contributed by atoms with Gasteiger partial charge in [0.15, 0.2) is 0 Å². The lowest BCUT2D eigenvalue weighted by Gasteiger charge is -2.32. The summed E-state index contributed by atoms with van der Waals surface area (Å²) in [6, 6.07) is 0.248. The first-order chi connectivity index (χ1) is 5.09. The minimum Gasteiger partial charge on any atom is -0.390 e. The van der Waals surface area contributed by atoms with Crippen molar-refractivity contribution in [2.45, 2.75) is 37.8 Å². The molecule has 0 aromatic rings. The predicted molar refractivity (Wildman–Crippen MR) is 39.9 cm³/mol. The summed E-state index contributed by atoms with van der Waals surface area (Å²) in [4.78, 5) is 10.7. The van der Waals surface area contributed by atoms with Crippen molar-refractivity contribution in [2.24, 2.45) is 5.92 Å². The number of carbonyl (C=O) groups excluding carboxylic acids is 1. The van der Waals surface area contributed by atoms with Crippen LogP contribution in [0.5, 0.6) is 0 Å². The van der Waals surface area contributed by atoms with E-state index in [0.29, 0.717) is 5.92 Å². The second-order valence-corrected chi connectivity index (χ2v) is 3.90. The van der Waals surface area contributed by atoms with Crippen LogP contribution in [-0.2, 0) is 4.79 Å². The number of aliphatic hydroxyl groups is 1. The summed E-state index contributed by atoms with van der Waals surface area (Å²) in [6.07, 6.45) is 2.53. The monoisotopic (exact) mass is 155 g/mol.